The Balaban J connectivity index is 2.12. The van der Waals surface area contributed by atoms with Gasteiger partial charge in [-0.2, -0.15) is 0 Å². The number of imidazole rings is 1. The summed E-state index contributed by atoms with van der Waals surface area (Å²) in [6.45, 7) is 4.84. The van der Waals surface area contributed by atoms with Crippen molar-refractivity contribution in [1.29, 1.82) is 0 Å². The molecule has 0 atom stereocenters. The quantitative estimate of drug-likeness (QED) is 0.714. The predicted octanol–water partition coefficient (Wildman–Crippen LogP) is 1.35. The molecular formula is C13H20N4O. The van der Waals surface area contributed by atoms with Crippen LogP contribution < -0.4 is 5.73 Å². The molecule has 0 aliphatic rings. The predicted molar refractivity (Wildman–Crippen MR) is 73.1 cm³/mol. The molecule has 1 aromatic carbocycles. The Bertz CT molecular complexity index is 541. The molecule has 2 aromatic rings. The Labute approximate surface area is 107 Å². The molecule has 0 spiro atoms. The molecule has 0 unspecified atom stereocenters. The highest BCUT2D eigenvalue weighted by molar-refractivity contribution is 5.78. The first-order chi connectivity index (χ1) is 8.33. The third-order valence-electron chi connectivity index (χ3n) is 2.63. The van der Waals surface area contributed by atoms with Crippen molar-refractivity contribution in [2.24, 2.45) is 0 Å². The number of H-pyrrole nitrogens is 1. The fraction of sp³-hybridized carbons (Fsp3) is 0.462. The van der Waals surface area contributed by atoms with Gasteiger partial charge in [0.1, 0.15) is 5.82 Å². The zero-order chi connectivity index (χ0) is 13.3. The molecule has 0 aliphatic carbocycles. The van der Waals surface area contributed by atoms with Crippen molar-refractivity contribution in [3.8, 4) is 0 Å². The van der Waals surface area contributed by atoms with Crippen LogP contribution in [0, 0.1) is 0 Å². The number of aliphatic hydroxyl groups is 1. The van der Waals surface area contributed by atoms with E-state index in [4.69, 9.17) is 5.73 Å². The van der Waals surface area contributed by atoms with Crippen LogP contribution in [0.25, 0.3) is 11.0 Å². The largest absolute Gasteiger partial charge is 0.399 e. The Morgan fingerprint density at radius 3 is 2.83 bits per heavy atom. The maximum absolute atomic E-state index is 9.75. The zero-order valence-electron chi connectivity index (χ0n) is 11.1. The summed E-state index contributed by atoms with van der Waals surface area (Å²) in [5.41, 5.74) is 7.61. The van der Waals surface area contributed by atoms with Crippen molar-refractivity contribution >= 4 is 16.7 Å². The van der Waals surface area contributed by atoms with Gasteiger partial charge in [0.15, 0.2) is 0 Å². The summed E-state index contributed by atoms with van der Waals surface area (Å²) in [5, 5.41) is 9.75. The summed E-state index contributed by atoms with van der Waals surface area (Å²) in [7, 11) is 1.96. The minimum absolute atomic E-state index is 0.589. The van der Waals surface area contributed by atoms with Crippen molar-refractivity contribution in [1.82, 2.24) is 14.9 Å². The fourth-order valence-electron chi connectivity index (χ4n) is 2.13. The van der Waals surface area contributed by atoms with Crippen molar-refractivity contribution in [2.45, 2.75) is 26.0 Å². The van der Waals surface area contributed by atoms with Crippen LogP contribution in [-0.4, -0.2) is 39.2 Å². The molecule has 0 aliphatic heterocycles. The number of aromatic amines is 1. The summed E-state index contributed by atoms with van der Waals surface area (Å²) in [4.78, 5) is 9.76. The smallest absolute Gasteiger partial charge is 0.121 e. The zero-order valence-corrected chi connectivity index (χ0v) is 11.1. The highest BCUT2D eigenvalue weighted by atomic mass is 16.3. The van der Waals surface area contributed by atoms with Gasteiger partial charge in [0.05, 0.1) is 23.2 Å². The number of benzene rings is 1. The van der Waals surface area contributed by atoms with Crippen LogP contribution in [0.4, 0.5) is 5.69 Å². The monoisotopic (exact) mass is 248 g/mol. The first kappa shape index (κ1) is 12.9. The van der Waals surface area contributed by atoms with Crippen LogP contribution in [-0.2, 0) is 6.54 Å². The van der Waals surface area contributed by atoms with Gasteiger partial charge in [-0.05, 0) is 39.1 Å². The Kier molecular flexibility index (Phi) is 3.28. The van der Waals surface area contributed by atoms with Gasteiger partial charge in [-0.15, -0.1) is 0 Å². The summed E-state index contributed by atoms with van der Waals surface area (Å²) in [6.07, 6.45) is 0. The lowest BCUT2D eigenvalue weighted by Crippen LogP contribution is -2.36. The molecule has 98 valence electrons. The lowest BCUT2D eigenvalue weighted by Gasteiger charge is -2.24. The average molecular weight is 248 g/mol. The third-order valence-corrected chi connectivity index (χ3v) is 2.63. The lowest BCUT2D eigenvalue weighted by molar-refractivity contribution is 0.0419. The number of hydrogen-bond donors (Lipinski definition) is 3. The first-order valence-corrected chi connectivity index (χ1v) is 5.98. The number of fused-ring (bicyclic) bond motifs is 1. The summed E-state index contributed by atoms with van der Waals surface area (Å²) in [6, 6.07) is 5.62. The Morgan fingerprint density at radius 2 is 2.17 bits per heavy atom. The standard InChI is InChI=1S/C13H20N4O/c1-13(2,18)8-17(3)7-12-15-10-5-4-9(14)6-11(10)16-12/h4-6,18H,7-8,14H2,1-3H3,(H,15,16). The van der Waals surface area contributed by atoms with Crippen molar-refractivity contribution < 1.29 is 5.11 Å². The van der Waals surface area contributed by atoms with Crippen molar-refractivity contribution in [2.75, 3.05) is 19.3 Å². The molecule has 4 N–H and O–H groups in total. The fourth-order valence-corrected chi connectivity index (χ4v) is 2.13. The van der Waals surface area contributed by atoms with E-state index in [0.29, 0.717) is 13.1 Å². The number of nitrogen functional groups attached to an aromatic ring is 1. The molecular weight excluding hydrogens is 228 g/mol. The number of likely N-dealkylation sites (N-methyl/N-ethyl adjacent to an activating group) is 1. The van der Waals surface area contributed by atoms with Gasteiger partial charge in [-0.3, -0.25) is 4.90 Å². The first-order valence-electron chi connectivity index (χ1n) is 5.98. The second-order valence-electron chi connectivity index (χ2n) is 5.44. The van der Waals surface area contributed by atoms with Crippen LogP contribution in [0.2, 0.25) is 0 Å². The topological polar surface area (TPSA) is 78.2 Å². The lowest BCUT2D eigenvalue weighted by atomic mass is 10.1. The van der Waals surface area contributed by atoms with E-state index in [9.17, 15) is 5.11 Å². The highest BCUT2D eigenvalue weighted by Gasteiger charge is 2.16. The molecule has 1 heterocycles. The normalized spacial score (nSPS) is 12.5. The maximum atomic E-state index is 9.75. The SMILES string of the molecule is CN(Cc1nc2ccc(N)cc2[nH]1)CC(C)(C)O. The molecule has 18 heavy (non-hydrogen) atoms. The number of nitrogens with one attached hydrogen (secondary N) is 1. The van der Waals surface area contributed by atoms with Gasteiger partial charge < -0.3 is 15.8 Å². The van der Waals surface area contributed by atoms with Crippen LogP contribution in [0.5, 0.6) is 0 Å². The summed E-state index contributed by atoms with van der Waals surface area (Å²) in [5.74, 6) is 0.877. The van der Waals surface area contributed by atoms with E-state index in [1.807, 2.05) is 30.1 Å². The van der Waals surface area contributed by atoms with Crippen molar-refractivity contribution in [3.63, 3.8) is 0 Å². The molecule has 2 rings (SSSR count). The number of nitrogens with zero attached hydrogens (tertiary/aromatic N) is 2. The summed E-state index contributed by atoms with van der Waals surface area (Å²) >= 11 is 0. The Morgan fingerprint density at radius 1 is 1.44 bits per heavy atom. The summed E-state index contributed by atoms with van der Waals surface area (Å²) < 4.78 is 0. The number of rotatable bonds is 4. The number of aromatic nitrogens is 2. The van der Waals surface area contributed by atoms with E-state index in [-0.39, 0.29) is 0 Å². The van der Waals surface area contributed by atoms with Gasteiger partial charge in [0.25, 0.3) is 0 Å². The molecule has 0 fully saturated rings. The Hall–Kier alpha value is -1.59. The number of anilines is 1. The third kappa shape index (κ3) is 3.21. The molecule has 0 saturated heterocycles. The second kappa shape index (κ2) is 4.59. The van der Waals surface area contributed by atoms with Crippen molar-refractivity contribution in [3.05, 3.63) is 24.0 Å². The van der Waals surface area contributed by atoms with E-state index in [1.54, 1.807) is 13.8 Å². The van der Waals surface area contributed by atoms with Crippen LogP contribution in [0.15, 0.2) is 18.2 Å². The van der Waals surface area contributed by atoms with Crippen LogP contribution in [0.3, 0.4) is 0 Å². The van der Waals surface area contributed by atoms with Crippen LogP contribution >= 0.6 is 0 Å². The molecule has 5 heteroatoms. The molecule has 0 saturated carbocycles. The van der Waals surface area contributed by atoms with Crippen LogP contribution in [0.1, 0.15) is 19.7 Å². The van der Waals surface area contributed by atoms with E-state index in [1.165, 1.54) is 0 Å². The number of nitrogens with two attached hydrogens (primary N) is 1. The second-order valence-corrected chi connectivity index (χ2v) is 5.44. The van der Waals surface area contributed by atoms with E-state index in [0.717, 1.165) is 22.5 Å². The molecule has 0 amide bonds. The van der Waals surface area contributed by atoms with Gasteiger partial charge in [0.2, 0.25) is 0 Å². The van der Waals surface area contributed by atoms with E-state index < -0.39 is 5.60 Å². The van der Waals surface area contributed by atoms with Gasteiger partial charge in [-0.25, -0.2) is 4.98 Å². The molecule has 1 aromatic heterocycles. The molecule has 0 radical (unpaired) electrons. The van der Waals surface area contributed by atoms with Gasteiger partial charge in [-0.1, -0.05) is 0 Å². The molecule has 5 nitrogen and oxygen atoms in total. The van der Waals surface area contributed by atoms with Gasteiger partial charge >= 0.3 is 0 Å². The minimum Gasteiger partial charge on any atom is -0.399 e. The van der Waals surface area contributed by atoms with E-state index in [2.05, 4.69) is 9.97 Å². The van der Waals surface area contributed by atoms with Gasteiger partial charge in [0, 0.05) is 12.2 Å². The number of hydrogen-bond acceptors (Lipinski definition) is 4. The highest BCUT2D eigenvalue weighted by Crippen LogP contribution is 2.16. The van der Waals surface area contributed by atoms with E-state index >= 15 is 0 Å². The average Bonchev–Trinajstić information content (AvgIpc) is 2.55. The molecule has 0 bridgehead atoms. The minimum atomic E-state index is -0.703. The maximum Gasteiger partial charge on any atom is 0.121 e.